The number of hydrogen-bond acceptors (Lipinski definition) is 3. The first-order valence-corrected chi connectivity index (χ1v) is 7.46. The van der Waals surface area contributed by atoms with E-state index in [9.17, 15) is 4.79 Å². The smallest absolute Gasteiger partial charge is 0.200 e. The SMILES string of the molecule is C=C(C)COc1ccc2c(=O)c(-c3ccccc3)c(C)oc2c1. The van der Waals surface area contributed by atoms with Crippen molar-refractivity contribution in [2.45, 2.75) is 13.8 Å². The molecule has 0 unspecified atom stereocenters. The molecule has 3 rings (SSSR count). The summed E-state index contributed by atoms with van der Waals surface area (Å²) >= 11 is 0. The van der Waals surface area contributed by atoms with Crippen molar-refractivity contribution in [1.29, 1.82) is 0 Å². The molecular weight excluding hydrogens is 288 g/mol. The van der Waals surface area contributed by atoms with E-state index >= 15 is 0 Å². The monoisotopic (exact) mass is 306 g/mol. The molecule has 0 aliphatic carbocycles. The molecule has 0 saturated carbocycles. The van der Waals surface area contributed by atoms with Crippen molar-refractivity contribution >= 4 is 11.0 Å². The zero-order valence-electron chi connectivity index (χ0n) is 13.3. The maximum atomic E-state index is 12.8. The van der Waals surface area contributed by atoms with Crippen LogP contribution in [0.5, 0.6) is 5.75 Å². The van der Waals surface area contributed by atoms with Crippen LogP contribution in [0, 0.1) is 6.92 Å². The topological polar surface area (TPSA) is 39.4 Å². The molecule has 0 saturated heterocycles. The summed E-state index contributed by atoms with van der Waals surface area (Å²) in [6.45, 7) is 7.96. The molecule has 1 aromatic heterocycles. The van der Waals surface area contributed by atoms with Crippen LogP contribution in [0.2, 0.25) is 0 Å². The molecule has 2 aromatic carbocycles. The molecule has 0 atom stereocenters. The highest BCUT2D eigenvalue weighted by molar-refractivity contribution is 5.83. The van der Waals surface area contributed by atoms with Gasteiger partial charge in [0.05, 0.1) is 10.9 Å². The minimum absolute atomic E-state index is 0.0265. The highest BCUT2D eigenvalue weighted by Crippen LogP contribution is 2.26. The molecule has 1 heterocycles. The maximum Gasteiger partial charge on any atom is 0.200 e. The summed E-state index contributed by atoms with van der Waals surface area (Å²) in [5.41, 5.74) is 2.91. The molecule has 3 aromatic rings. The van der Waals surface area contributed by atoms with Crippen molar-refractivity contribution in [1.82, 2.24) is 0 Å². The number of fused-ring (bicyclic) bond motifs is 1. The predicted octanol–water partition coefficient (Wildman–Crippen LogP) is 4.72. The summed E-state index contributed by atoms with van der Waals surface area (Å²) in [6.07, 6.45) is 0. The lowest BCUT2D eigenvalue weighted by Crippen LogP contribution is -2.07. The van der Waals surface area contributed by atoms with Crippen molar-refractivity contribution < 1.29 is 9.15 Å². The fraction of sp³-hybridized carbons (Fsp3) is 0.150. The van der Waals surface area contributed by atoms with Crippen molar-refractivity contribution in [3.05, 3.63) is 76.7 Å². The van der Waals surface area contributed by atoms with Gasteiger partial charge in [-0.05, 0) is 37.1 Å². The van der Waals surface area contributed by atoms with Gasteiger partial charge in [0, 0.05) is 6.07 Å². The van der Waals surface area contributed by atoms with Crippen molar-refractivity contribution in [2.75, 3.05) is 6.61 Å². The quantitative estimate of drug-likeness (QED) is 0.655. The largest absolute Gasteiger partial charge is 0.489 e. The van der Waals surface area contributed by atoms with Crippen molar-refractivity contribution in [2.24, 2.45) is 0 Å². The van der Waals surface area contributed by atoms with Gasteiger partial charge < -0.3 is 9.15 Å². The number of aryl methyl sites for hydroxylation is 1. The molecule has 116 valence electrons. The highest BCUT2D eigenvalue weighted by Gasteiger charge is 2.13. The predicted molar refractivity (Wildman–Crippen MR) is 93.0 cm³/mol. The molecule has 3 nitrogen and oxygen atoms in total. The second-order valence-corrected chi connectivity index (χ2v) is 5.63. The van der Waals surface area contributed by atoms with E-state index in [0.29, 0.717) is 34.6 Å². The Morgan fingerprint density at radius 2 is 1.91 bits per heavy atom. The summed E-state index contributed by atoms with van der Waals surface area (Å²) in [6, 6.07) is 14.9. The van der Waals surface area contributed by atoms with E-state index in [0.717, 1.165) is 11.1 Å². The third-order valence-corrected chi connectivity index (χ3v) is 3.59. The van der Waals surface area contributed by atoms with Crippen LogP contribution in [0.4, 0.5) is 0 Å². The van der Waals surface area contributed by atoms with Gasteiger partial charge >= 0.3 is 0 Å². The number of ether oxygens (including phenoxy) is 1. The molecule has 0 fully saturated rings. The third kappa shape index (κ3) is 3.04. The normalized spacial score (nSPS) is 10.7. The van der Waals surface area contributed by atoms with Gasteiger partial charge in [-0.25, -0.2) is 0 Å². The Morgan fingerprint density at radius 1 is 1.17 bits per heavy atom. The van der Waals surface area contributed by atoms with Crippen LogP contribution in [-0.4, -0.2) is 6.61 Å². The summed E-state index contributed by atoms with van der Waals surface area (Å²) in [7, 11) is 0. The third-order valence-electron chi connectivity index (χ3n) is 3.59. The van der Waals surface area contributed by atoms with E-state index in [1.165, 1.54) is 0 Å². The molecule has 0 N–H and O–H groups in total. The van der Waals surface area contributed by atoms with Crippen LogP contribution in [0.25, 0.3) is 22.1 Å². The Morgan fingerprint density at radius 3 is 2.61 bits per heavy atom. The fourth-order valence-electron chi connectivity index (χ4n) is 2.52. The first-order chi connectivity index (χ1) is 11.1. The molecule has 3 heteroatoms. The van der Waals surface area contributed by atoms with Gasteiger partial charge in [-0.15, -0.1) is 0 Å². The zero-order chi connectivity index (χ0) is 16.4. The Bertz CT molecular complexity index is 921. The van der Waals surface area contributed by atoms with Crippen LogP contribution in [0.3, 0.4) is 0 Å². The lowest BCUT2D eigenvalue weighted by molar-refractivity contribution is 0.352. The van der Waals surface area contributed by atoms with E-state index in [4.69, 9.17) is 9.15 Å². The van der Waals surface area contributed by atoms with Gasteiger partial charge in [-0.3, -0.25) is 4.79 Å². The standard InChI is InChI=1S/C20H18O3/c1-13(2)12-22-16-9-10-17-18(11-16)23-14(3)19(20(17)21)15-7-5-4-6-8-15/h4-11H,1,12H2,2-3H3. The van der Waals surface area contributed by atoms with Crippen LogP contribution in [0.15, 0.2) is 69.9 Å². The molecular formula is C20H18O3. The van der Waals surface area contributed by atoms with Gasteiger partial charge in [-0.2, -0.15) is 0 Å². The Labute approximate surface area is 134 Å². The van der Waals surface area contributed by atoms with Crippen LogP contribution >= 0.6 is 0 Å². The first kappa shape index (κ1) is 15.1. The second-order valence-electron chi connectivity index (χ2n) is 5.63. The van der Waals surface area contributed by atoms with E-state index in [1.54, 1.807) is 18.2 Å². The van der Waals surface area contributed by atoms with Crippen molar-refractivity contribution in [3.63, 3.8) is 0 Å². The van der Waals surface area contributed by atoms with Gasteiger partial charge in [-0.1, -0.05) is 36.9 Å². The van der Waals surface area contributed by atoms with Crippen LogP contribution in [0.1, 0.15) is 12.7 Å². The van der Waals surface area contributed by atoms with Gasteiger partial charge in [0.15, 0.2) is 0 Å². The van der Waals surface area contributed by atoms with E-state index in [1.807, 2.05) is 44.2 Å². The number of benzene rings is 2. The van der Waals surface area contributed by atoms with E-state index in [2.05, 4.69) is 6.58 Å². The summed E-state index contributed by atoms with van der Waals surface area (Å²) in [5.74, 6) is 1.27. The fourth-order valence-corrected chi connectivity index (χ4v) is 2.52. The lowest BCUT2D eigenvalue weighted by Gasteiger charge is -2.09. The van der Waals surface area contributed by atoms with Crippen LogP contribution < -0.4 is 10.2 Å². The Balaban J connectivity index is 2.12. The average molecular weight is 306 g/mol. The summed E-state index contributed by atoms with van der Waals surface area (Å²) in [5, 5.41) is 0.553. The zero-order valence-corrected chi connectivity index (χ0v) is 13.3. The molecule has 0 aliphatic rings. The molecule has 0 bridgehead atoms. The summed E-state index contributed by atoms with van der Waals surface area (Å²) < 4.78 is 11.5. The maximum absolute atomic E-state index is 12.8. The minimum Gasteiger partial charge on any atom is -0.489 e. The minimum atomic E-state index is -0.0265. The highest BCUT2D eigenvalue weighted by atomic mass is 16.5. The number of hydrogen-bond donors (Lipinski definition) is 0. The van der Waals surface area contributed by atoms with Gasteiger partial charge in [0.25, 0.3) is 0 Å². The average Bonchev–Trinajstić information content (AvgIpc) is 2.53. The first-order valence-electron chi connectivity index (χ1n) is 7.46. The summed E-state index contributed by atoms with van der Waals surface area (Å²) in [4.78, 5) is 12.8. The molecule has 0 amide bonds. The molecule has 0 spiro atoms. The Kier molecular flexibility index (Phi) is 4.02. The molecule has 0 aliphatic heterocycles. The lowest BCUT2D eigenvalue weighted by atomic mass is 10.0. The van der Waals surface area contributed by atoms with Gasteiger partial charge in [0.2, 0.25) is 5.43 Å². The van der Waals surface area contributed by atoms with E-state index < -0.39 is 0 Å². The van der Waals surface area contributed by atoms with Gasteiger partial charge in [0.1, 0.15) is 23.7 Å². The second kappa shape index (κ2) is 6.13. The van der Waals surface area contributed by atoms with E-state index in [-0.39, 0.29) is 5.43 Å². The number of rotatable bonds is 4. The molecule has 23 heavy (non-hydrogen) atoms. The Hall–Kier alpha value is -2.81. The van der Waals surface area contributed by atoms with Crippen LogP contribution in [-0.2, 0) is 0 Å². The molecule has 0 radical (unpaired) electrons. The van der Waals surface area contributed by atoms with Crippen molar-refractivity contribution in [3.8, 4) is 16.9 Å².